The first kappa shape index (κ1) is 11.7. The molecule has 0 aliphatic rings. The highest BCUT2D eigenvalue weighted by atomic mass is 14.1. The molecule has 0 unspecified atom stereocenters. The van der Waals surface area contributed by atoms with Crippen molar-refractivity contribution in [3.05, 3.63) is 59.7 Å². The molecule has 4 aromatic rings. The normalized spacial score (nSPS) is 11.9. The van der Waals surface area contributed by atoms with Crippen LogP contribution in [-0.4, -0.2) is 0 Å². The van der Waals surface area contributed by atoms with E-state index in [0.717, 1.165) is 12.8 Å². The van der Waals surface area contributed by atoms with E-state index in [9.17, 15) is 0 Å². The Morgan fingerprint density at radius 2 is 0.950 bits per heavy atom. The highest BCUT2D eigenvalue weighted by Crippen LogP contribution is 2.37. The molecule has 4 aromatic carbocycles. The van der Waals surface area contributed by atoms with Gasteiger partial charge >= 0.3 is 0 Å². The van der Waals surface area contributed by atoms with E-state index in [1.807, 2.05) is 0 Å². The Hall–Kier alpha value is -2.08. The van der Waals surface area contributed by atoms with Gasteiger partial charge in [0.05, 0.1) is 0 Å². The summed E-state index contributed by atoms with van der Waals surface area (Å²) in [6.45, 7) is 4.48. The summed E-state index contributed by atoms with van der Waals surface area (Å²) >= 11 is 0. The van der Waals surface area contributed by atoms with Gasteiger partial charge in [-0.25, -0.2) is 0 Å². The molecule has 0 fully saturated rings. The van der Waals surface area contributed by atoms with E-state index < -0.39 is 0 Å². The maximum Gasteiger partial charge on any atom is -0.00239 e. The molecule has 0 heterocycles. The fraction of sp³-hybridized carbons (Fsp3) is 0.200. The number of benzene rings is 4. The third kappa shape index (κ3) is 1.42. The third-order valence-corrected chi connectivity index (χ3v) is 4.61. The van der Waals surface area contributed by atoms with Crippen LogP contribution in [0.1, 0.15) is 25.0 Å². The molecule has 0 aliphatic carbocycles. The monoisotopic (exact) mass is 258 g/mol. The molecular weight excluding hydrogens is 240 g/mol. The van der Waals surface area contributed by atoms with Crippen LogP contribution < -0.4 is 0 Å². The van der Waals surface area contributed by atoms with Crippen LogP contribution in [0.25, 0.3) is 32.3 Å². The molecule has 98 valence electrons. The van der Waals surface area contributed by atoms with Crippen molar-refractivity contribution in [2.45, 2.75) is 26.7 Å². The molecule has 0 nitrogen and oxygen atoms in total. The molecule has 0 aliphatic heterocycles. The van der Waals surface area contributed by atoms with Gasteiger partial charge in [-0.15, -0.1) is 0 Å². The topological polar surface area (TPSA) is 0 Å². The average Bonchev–Trinajstić information content (AvgIpc) is 2.52. The van der Waals surface area contributed by atoms with Crippen molar-refractivity contribution in [2.75, 3.05) is 0 Å². The van der Waals surface area contributed by atoms with Crippen molar-refractivity contribution < 1.29 is 0 Å². The minimum Gasteiger partial charge on any atom is -0.0613 e. The Morgan fingerprint density at radius 3 is 1.35 bits per heavy atom. The van der Waals surface area contributed by atoms with Gasteiger partial charge in [0.1, 0.15) is 0 Å². The third-order valence-electron chi connectivity index (χ3n) is 4.61. The van der Waals surface area contributed by atoms with Crippen molar-refractivity contribution in [1.29, 1.82) is 0 Å². The summed E-state index contributed by atoms with van der Waals surface area (Å²) in [5.74, 6) is 0. The van der Waals surface area contributed by atoms with Gasteiger partial charge < -0.3 is 0 Å². The van der Waals surface area contributed by atoms with Gasteiger partial charge in [-0.3, -0.25) is 0 Å². The summed E-state index contributed by atoms with van der Waals surface area (Å²) in [7, 11) is 0. The SMILES string of the molecule is CCc1ccc2ccc3c(CC)ccc4ccc1c2c43. The van der Waals surface area contributed by atoms with Crippen LogP contribution in [0.4, 0.5) is 0 Å². The van der Waals surface area contributed by atoms with E-state index in [4.69, 9.17) is 0 Å². The van der Waals surface area contributed by atoms with Gasteiger partial charge in [-0.1, -0.05) is 62.4 Å². The van der Waals surface area contributed by atoms with Gasteiger partial charge in [0.25, 0.3) is 0 Å². The molecule has 0 amide bonds. The maximum absolute atomic E-state index is 2.30. The maximum atomic E-state index is 2.30. The molecule has 0 radical (unpaired) electrons. The van der Waals surface area contributed by atoms with Gasteiger partial charge in [0, 0.05) is 0 Å². The van der Waals surface area contributed by atoms with E-state index in [1.165, 1.54) is 43.4 Å². The number of hydrogen-bond donors (Lipinski definition) is 0. The Kier molecular flexibility index (Phi) is 2.47. The smallest absolute Gasteiger partial charge is 0.00239 e. The first-order valence-corrected chi connectivity index (χ1v) is 7.51. The summed E-state index contributed by atoms with van der Waals surface area (Å²) in [4.78, 5) is 0. The second-order valence-corrected chi connectivity index (χ2v) is 5.58. The molecule has 0 heteroatoms. The Morgan fingerprint density at radius 1 is 0.550 bits per heavy atom. The molecule has 0 spiro atoms. The molecule has 0 saturated heterocycles. The first-order valence-electron chi connectivity index (χ1n) is 7.51. The standard InChI is InChI=1S/C20H18/c1-3-13-5-7-15-10-12-18-14(4-2)6-8-16-9-11-17(13)19(15)20(16)18/h5-12H,3-4H2,1-2H3. The number of aryl methyl sites for hydroxylation is 2. The predicted octanol–water partition coefficient (Wildman–Crippen LogP) is 5.71. The van der Waals surface area contributed by atoms with Gasteiger partial charge in [0.15, 0.2) is 0 Å². The lowest BCUT2D eigenvalue weighted by Crippen LogP contribution is -1.91. The van der Waals surface area contributed by atoms with Gasteiger partial charge in [-0.2, -0.15) is 0 Å². The average molecular weight is 258 g/mol. The fourth-order valence-corrected chi connectivity index (χ4v) is 3.54. The highest BCUT2D eigenvalue weighted by molar-refractivity contribution is 6.24. The molecule has 0 bridgehead atoms. The van der Waals surface area contributed by atoms with Crippen LogP contribution in [0.2, 0.25) is 0 Å². The molecule has 0 atom stereocenters. The van der Waals surface area contributed by atoms with Gasteiger partial charge in [0.2, 0.25) is 0 Å². The summed E-state index contributed by atoms with van der Waals surface area (Å²) < 4.78 is 0. The van der Waals surface area contributed by atoms with Crippen molar-refractivity contribution in [1.82, 2.24) is 0 Å². The van der Waals surface area contributed by atoms with E-state index in [2.05, 4.69) is 62.4 Å². The Labute approximate surface area is 119 Å². The molecule has 20 heavy (non-hydrogen) atoms. The molecule has 0 aromatic heterocycles. The van der Waals surface area contributed by atoms with Crippen LogP contribution in [0.5, 0.6) is 0 Å². The first-order chi connectivity index (χ1) is 9.83. The summed E-state index contributed by atoms with van der Waals surface area (Å²) in [5.41, 5.74) is 2.91. The van der Waals surface area contributed by atoms with Crippen LogP contribution in [0.15, 0.2) is 48.5 Å². The lowest BCUT2D eigenvalue weighted by molar-refractivity contribution is 1.16. The van der Waals surface area contributed by atoms with Crippen molar-refractivity contribution in [3.8, 4) is 0 Å². The number of hydrogen-bond acceptors (Lipinski definition) is 0. The van der Waals surface area contributed by atoms with E-state index in [0.29, 0.717) is 0 Å². The second-order valence-electron chi connectivity index (χ2n) is 5.58. The van der Waals surface area contributed by atoms with Crippen LogP contribution in [-0.2, 0) is 12.8 Å². The summed E-state index contributed by atoms with van der Waals surface area (Å²) in [5, 5.41) is 8.49. The van der Waals surface area contributed by atoms with Crippen LogP contribution in [0.3, 0.4) is 0 Å². The minimum absolute atomic E-state index is 1.09. The fourth-order valence-electron chi connectivity index (χ4n) is 3.54. The zero-order valence-electron chi connectivity index (χ0n) is 12.0. The van der Waals surface area contributed by atoms with E-state index >= 15 is 0 Å². The molecule has 4 rings (SSSR count). The van der Waals surface area contributed by atoms with Crippen molar-refractivity contribution in [3.63, 3.8) is 0 Å². The second kappa shape index (κ2) is 4.21. The van der Waals surface area contributed by atoms with Crippen LogP contribution in [0, 0.1) is 0 Å². The lowest BCUT2D eigenvalue weighted by Gasteiger charge is -2.15. The predicted molar refractivity (Wildman–Crippen MR) is 88.9 cm³/mol. The zero-order chi connectivity index (χ0) is 13.7. The van der Waals surface area contributed by atoms with Gasteiger partial charge in [-0.05, 0) is 56.3 Å². The summed E-state index contributed by atoms with van der Waals surface area (Å²) in [6, 6.07) is 18.3. The number of rotatable bonds is 2. The molecule has 0 saturated carbocycles. The van der Waals surface area contributed by atoms with Crippen molar-refractivity contribution in [2.24, 2.45) is 0 Å². The lowest BCUT2D eigenvalue weighted by atomic mass is 9.89. The Balaban J connectivity index is 2.33. The Bertz CT molecular complexity index is 838. The summed E-state index contributed by atoms with van der Waals surface area (Å²) in [6.07, 6.45) is 2.18. The zero-order valence-corrected chi connectivity index (χ0v) is 12.0. The quantitative estimate of drug-likeness (QED) is 0.404. The van der Waals surface area contributed by atoms with Crippen molar-refractivity contribution >= 4 is 32.3 Å². The van der Waals surface area contributed by atoms with Crippen LogP contribution >= 0.6 is 0 Å². The highest BCUT2D eigenvalue weighted by Gasteiger charge is 2.11. The largest absolute Gasteiger partial charge is 0.0613 e. The minimum atomic E-state index is 1.09. The van der Waals surface area contributed by atoms with E-state index in [1.54, 1.807) is 0 Å². The molecule has 0 N–H and O–H groups in total. The molecular formula is C20H18. The van der Waals surface area contributed by atoms with E-state index in [-0.39, 0.29) is 0 Å².